The van der Waals surface area contributed by atoms with Gasteiger partial charge in [0.15, 0.2) is 8.32 Å². The number of cyclic esters (lactones) is 1. The Morgan fingerprint density at radius 2 is 2.04 bits per heavy atom. The first-order valence-corrected chi connectivity index (χ1v) is 13.6. The average Bonchev–Trinajstić information content (AvgIpc) is 2.98. The number of rotatable bonds is 5. The molecule has 0 N–H and O–H groups in total. The molecule has 1 heterocycles. The number of hydrogen-bond donors (Lipinski definition) is 0. The van der Waals surface area contributed by atoms with Gasteiger partial charge in [-0.1, -0.05) is 26.8 Å². The van der Waals surface area contributed by atoms with E-state index >= 15 is 0 Å². The number of carbonyl (C=O) groups is 1. The summed E-state index contributed by atoms with van der Waals surface area (Å²) in [6.07, 6.45) is 8.69. The Balaban J connectivity index is 1.67. The Bertz CT molecular complexity index is 522. The van der Waals surface area contributed by atoms with Crippen LogP contribution in [0.5, 0.6) is 0 Å². The van der Waals surface area contributed by atoms with Gasteiger partial charge in [0.05, 0.1) is 0 Å². The first-order chi connectivity index (χ1) is 11.6. The molecule has 6 atom stereocenters. The summed E-state index contributed by atoms with van der Waals surface area (Å²) in [6.45, 7) is 15.7. The molecule has 3 nitrogen and oxygen atoms in total. The summed E-state index contributed by atoms with van der Waals surface area (Å²) >= 11 is 0. The van der Waals surface area contributed by atoms with E-state index in [0.717, 1.165) is 18.8 Å². The van der Waals surface area contributed by atoms with Gasteiger partial charge in [-0.05, 0) is 74.9 Å². The molecular weight excluding hydrogens is 328 g/mol. The highest BCUT2D eigenvalue weighted by atomic mass is 28.4. The van der Waals surface area contributed by atoms with Crippen LogP contribution in [0, 0.1) is 23.2 Å². The first-order valence-electron chi connectivity index (χ1n) is 10.2. The molecule has 3 aliphatic rings. The van der Waals surface area contributed by atoms with E-state index in [0.29, 0.717) is 28.9 Å². The lowest BCUT2D eigenvalue weighted by atomic mass is 9.61. The van der Waals surface area contributed by atoms with Gasteiger partial charge in [-0.3, -0.25) is 0 Å². The second kappa shape index (κ2) is 6.84. The van der Waals surface area contributed by atoms with Crippen molar-refractivity contribution in [3.05, 3.63) is 12.2 Å². The molecule has 0 amide bonds. The lowest BCUT2D eigenvalue weighted by Crippen LogP contribution is -2.46. The van der Waals surface area contributed by atoms with Gasteiger partial charge in [-0.25, -0.2) is 4.79 Å². The van der Waals surface area contributed by atoms with E-state index in [1.165, 1.54) is 32.1 Å². The van der Waals surface area contributed by atoms with Crippen LogP contribution in [0.4, 0.5) is 0 Å². The monoisotopic (exact) mass is 364 g/mol. The van der Waals surface area contributed by atoms with Crippen molar-refractivity contribution in [1.82, 2.24) is 0 Å². The van der Waals surface area contributed by atoms with Gasteiger partial charge in [0.1, 0.15) is 6.10 Å². The SMILES string of the molecule is C=C1C[C@@H](C[C@@H](C)[C@H]2CCC3C(O[Si](C)(C)C)CCC[C@]32C)OC1=O. The van der Waals surface area contributed by atoms with Crippen molar-refractivity contribution in [2.24, 2.45) is 23.2 Å². The summed E-state index contributed by atoms with van der Waals surface area (Å²) in [6, 6.07) is 0. The van der Waals surface area contributed by atoms with E-state index in [1.807, 2.05) is 0 Å². The van der Waals surface area contributed by atoms with Crippen LogP contribution in [0.1, 0.15) is 58.8 Å². The standard InChI is InChI=1S/C21H36O3Si/c1-14(12-16-13-15(2)20(22)23-16)17-9-10-18-19(24-25(4,5)6)8-7-11-21(17,18)3/h14,16-19H,2,7-13H2,1,3-6H3/t14-,16-,17-,18?,19?,21+/m1/s1. The molecule has 3 fully saturated rings. The fourth-order valence-corrected chi connectivity index (χ4v) is 7.23. The molecule has 0 radical (unpaired) electrons. The molecule has 1 aliphatic heterocycles. The van der Waals surface area contributed by atoms with Crippen molar-refractivity contribution in [3.63, 3.8) is 0 Å². The van der Waals surface area contributed by atoms with Gasteiger partial charge in [0, 0.05) is 18.1 Å². The second-order valence-electron chi connectivity index (χ2n) is 10.0. The van der Waals surface area contributed by atoms with E-state index in [1.54, 1.807) is 0 Å². The van der Waals surface area contributed by atoms with Crippen LogP contribution in [0.25, 0.3) is 0 Å². The summed E-state index contributed by atoms with van der Waals surface area (Å²) in [7, 11) is -1.50. The normalized spacial score (nSPS) is 40.0. The Hall–Kier alpha value is -0.613. The quantitative estimate of drug-likeness (QED) is 0.376. The summed E-state index contributed by atoms with van der Waals surface area (Å²) in [4.78, 5) is 11.6. The Labute approximate surface area is 154 Å². The summed E-state index contributed by atoms with van der Waals surface area (Å²) < 4.78 is 12.1. The molecule has 3 rings (SSSR count). The van der Waals surface area contributed by atoms with Gasteiger partial charge < -0.3 is 9.16 Å². The zero-order valence-electron chi connectivity index (χ0n) is 16.8. The van der Waals surface area contributed by atoms with Crippen LogP contribution in [0.2, 0.25) is 19.6 Å². The third kappa shape index (κ3) is 3.90. The molecule has 4 heteroatoms. The molecule has 0 aromatic heterocycles. The molecular formula is C21H36O3Si. The smallest absolute Gasteiger partial charge is 0.333 e. The second-order valence-corrected chi connectivity index (χ2v) is 14.5. The minimum atomic E-state index is -1.50. The van der Waals surface area contributed by atoms with Gasteiger partial charge in [-0.15, -0.1) is 0 Å². The molecule has 142 valence electrons. The molecule has 25 heavy (non-hydrogen) atoms. The largest absolute Gasteiger partial charge is 0.459 e. The van der Waals surface area contributed by atoms with Crippen molar-refractivity contribution in [1.29, 1.82) is 0 Å². The minimum absolute atomic E-state index is 0.0512. The highest BCUT2D eigenvalue weighted by Crippen LogP contribution is 2.59. The third-order valence-corrected chi connectivity index (χ3v) is 8.01. The highest BCUT2D eigenvalue weighted by Gasteiger charge is 2.53. The maximum Gasteiger partial charge on any atom is 0.333 e. The fourth-order valence-electron chi connectivity index (χ4n) is 6.03. The van der Waals surface area contributed by atoms with E-state index in [2.05, 4.69) is 40.1 Å². The Morgan fingerprint density at radius 1 is 1.32 bits per heavy atom. The summed E-state index contributed by atoms with van der Waals surface area (Å²) in [5, 5.41) is 0. The highest BCUT2D eigenvalue weighted by molar-refractivity contribution is 6.69. The van der Waals surface area contributed by atoms with Crippen molar-refractivity contribution in [2.45, 2.75) is 90.6 Å². The molecule has 2 unspecified atom stereocenters. The zero-order chi connectivity index (χ0) is 18.4. The van der Waals surface area contributed by atoms with Gasteiger partial charge >= 0.3 is 5.97 Å². The Morgan fingerprint density at radius 3 is 2.64 bits per heavy atom. The maximum atomic E-state index is 11.6. The molecule has 0 aromatic rings. The van der Waals surface area contributed by atoms with Gasteiger partial charge in [-0.2, -0.15) is 0 Å². The van der Waals surface area contributed by atoms with E-state index in [4.69, 9.17) is 9.16 Å². The lowest BCUT2D eigenvalue weighted by molar-refractivity contribution is -0.139. The van der Waals surface area contributed by atoms with Crippen molar-refractivity contribution < 1.29 is 14.0 Å². The van der Waals surface area contributed by atoms with Crippen LogP contribution in [0.15, 0.2) is 12.2 Å². The molecule has 2 saturated carbocycles. The predicted octanol–water partition coefficient (Wildman–Crippen LogP) is 5.32. The third-order valence-electron chi connectivity index (χ3n) is 7.00. The predicted molar refractivity (Wildman–Crippen MR) is 104 cm³/mol. The van der Waals surface area contributed by atoms with Crippen molar-refractivity contribution in [2.75, 3.05) is 0 Å². The van der Waals surface area contributed by atoms with Gasteiger partial charge in [0.25, 0.3) is 0 Å². The van der Waals surface area contributed by atoms with Gasteiger partial charge in [0.2, 0.25) is 0 Å². The number of carbonyl (C=O) groups excluding carboxylic acids is 1. The molecule has 0 bridgehead atoms. The topological polar surface area (TPSA) is 35.5 Å². The molecule has 0 aromatic carbocycles. The maximum absolute atomic E-state index is 11.6. The number of hydrogen-bond acceptors (Lipinski definition) is 3. The van der Waals surface area contributed by atoms with E-state index in [9.17, 15) is 4.79 Å². The van der Waals surface area contributed by atoms with Crippen LogP contribution in [-0.4, -0.2) is 26.5 Å². The van der Waals surface area contributed by atoms with Crippen LogP contribution < -0.4 is 0 Å². The number of esters is 1. The molecule has 1 saturated heterocycles. The van der Waals surface area contributed by atoms with Crippen LogP contribution >= 0.6 is 0 Å². The van der Waals surface area contributed by atoms with Crippen LogP contribution in [0.3, 0.4) is 0 Å². The summed E-state index contributed by atoms with van der Waals surface area (Å²) in [5.74, 6) is 1.83. The lowest BCUT2D eigenvalue weighted by Gasteiger charge is -2.48. The molecule has 2 aliphatic carbocycles. The van der Waals surface area contributed by atoms with Crippen molar-refractivity contribution in [3.8, 4) is 0 Å². The number of ether oxygens (including phenoxy) is 1. The zero-order valence-corrected chi connectivity index (χ0v) is 17.8. The summed E-state index contributed by atoms with van der Waals surface area (Å²) in [5.41, 5.74) is 1.04. The van der Waals surface area contributed by atoms with Crippen LogP contribution in [-0.2, 0) is 14.0 Å². The minimum Gasteiger partial charge on any atom is -0.459 e. The fraction of sp³-hybridized carbons (Fsp3) is 0.857. The average molecular weight is 365 g/mol. The Kier molecular flexibility index (Phi) is 5.24. The first kappa shape index (κ1) is 19.2. The van der Waals surface area contributed by atoms with Crippen molar-refractivity contribution >= 4 is 14.3 Å². The van der Waals surface area contributed by atoms with E-state index in [-0.39, 0.29) is 12.1 Å². The van der Waals surface area contributed by atoms with E-state index < -0.39 is 8.32 Å². The number of fused-ring (bicyclic) bond motifs is 1. The molecule has 0 spiro atoms.